The Morgan fingerprint density at radius 3 is 3.04 bits per heavy atom. The fourth-order valence-electron chi connectivity index (χ4n) is 3.00. The molecule has 4 rings (SSSR count). The Hall–Kier alpha value is -2.21. The van der Waals surface area contributed by atoms with Gasteiger partial charge in [-0.25, -0.2) is 0 Å². The number of carbonyl (C=O) groups is 1. The minimum Gasteiger partial charge on any atom is -0.493 e. The molecule has 6 heteroatoms. The molecule has 2 aliphatic heterocycles. The molecule has 0 saturated heterocycles. The third kappa shape index (κ3) is 2.53. The van der Waals surface area contributed by atoms with Crippen molar-refractivity contribution in [3.8, 4) is 17.2 Å². The Balaban J connectivity index is 1.64. The van der Waals surface area contributed by atoms with Gasteiger partial charge in [0.2, 0.25) is 5.75 Å². The zero-order valence-corrected chi connectivity index (χ0v) is 13.6. The van der Waals surface area contributed by atoms with Crippen LogP contribution in [0.25, 0.3) is 0 Å². The average molecular weight is 331 g/mol. The van der Waals surface area contributed by atoms with Gasteiger partial charge in [0.1, 0.15) is 13.2 Å². The van der Waals surface area contributed by atoms with E-state index in [1.807, 2.05) is 4.90 Å². The molecule has 23 heavy (non-hydrogen) atoms. The maximum atomic E-state index is 12.9. The van der Waals surface area contributed by atoms with Crippen molar-refractivity contribution in [3.05, 3.63) is 39.6 Å². The smallest absolute Gasteiger partial charge is 0.254 e. The number of ether oxygens (including phenoxy) is 3. The van der Waals surface area contributed by atoms with Gasteiger partial charge in [-0.1, -0.05) is 0 Å². The fraction of sp³-hybridized carbons (Fsp3) is 0.353. The normalized spacial score (nSPS) is 16.0. The minimum absolute atomic E-state index is 0.00266. The van der Waals surface area contributed by atoms with Crippen molar-refractivity contribution in [1.82, 2.24) is 4.90 Å². The van der Waals surface area contributed by atoms with Crippen LogP contribution in [0.15, 0.2) is 23.6 Å². The molecule has 120 valence electrons. The van der Waals surface area contributed by atoms with Gasteiger partial charge >= 0.3 is 0 Å². The van der Waals surface area contributed by atoms with E-state index in [0.29, 0.717) is 42.6 Å². The summed E-state index contributed by atoms with van der Waals surface area (Å²) < 4.78 is 16.6. The molecule has 0 saturated carbocycles. The van der Waals surface area contributed by atoms with Crippen LogP contribution in [0.1, 0.15) is 20.8 Å². The van der Waals surface area contributed by atoms with Crippen molar-refractivity contribution < 1.29 is 19.0 Å². The van der Waals surface area contributed by atoms with E-state index in [-0.39, 0.29) is 5.91 Å². The van der Waals surface area contributed by atoms with E-state index >= 15 is 0 Å². The predicted octanol–water partition coefficient (Wildman–Crippen LogP) is 2.73. The minimum atomic E-state index is -0.00266. The Bertz CT molecular complexity index is 738. The number of methoxy groups -OCH3 is 1. The van der Waals surface area contributed by atoms with Gasteiger partial charge in [0.15, 0.2) is 11.5 Å². The summed E-state index contributed by atoms with van der Waals surface area (Å²) in [6.07, 6.45) is 0.917. The number of hydrogen-bond acceptors (Lipinski definition) is 5. The molecule has 0 spiro atoms. The molecule has 0 aliphatic carbocycles. The van der Waals surface area contributed by atoms with E-state index in [1.54, 1.807) is 30.6 Å². The monoisotopic (exact) mass is 331 g/mol. The van der Waals surface area contributed by atoms with Gasteiger partial charge in [-0.05, 0) is 35.6 Å². The third-order valence-electron chi connectivity index (χ3n) is 4.17. The van der Waals surface area contributed by atoms with Gasteiger partial charge < -0.3 is 19.1 Å². The Morgan fingerprint density at radius 1 is 1.30 bits per heavy atom. The van der Waals surface area contributed by atoms with Crippen molar-refractivity contribution in [1.29, 1.82) is 0 Å². The molecule has 1 amide bonds. The number of nitrogens with zero attached hydrogens (tertiary/aromatic N) is 1. The molecule has 0 fully saturated rings. The van der Waals surface area contributed by atoms with Crippen LogP contribution in [-0.4, -0.2) is 37.7 Å². The van der Waals surface area contributed by atoms with E-state index < -0.39 is 0 Å². The number of benzene rings is 1. The Morgan fingerprint density at radius 2 is 2.17 bits per heavy atom. The van der Waals surface area contributed by atoms with Gasteiger partial charge in [0.05, 0.1) is 7.11 Å². The Labute approximate surface area is 138 Å². The second-order valence-corrected chi connectivity index (χ2v) is 6.55. The van der Waals surface area contributed by atoms with Crippen LogP contribution in [0.3, 0.4) is 0 Å². The lowest BCUT2D eigenvalue weighted by Gasteiger charge is -2.28. The van der Waals surface area contributed by atoms with Crippen LogP contribution in [0.2, 0.25) is 0 Å². The SMILES string of the molecule is COc1cc(C(=O)N2CCc3sccc3C2)cc2c1OCCO2. The van der Waals surface area contributed by atoms with E-state index in [9.17, 15) is 4.79 Å². The number of amides is 1. The summed E-state index contributed by atoms with van der Waals surface area (Å²) in [6.45, 7) is 2.37. The number of rotatable bonds is 2. The second-order valence-electron chi connectivity index (χ2n) is 5.55. The summed E-state index contributed by atoms with van der Waals surface area (Å²) in [5, 5.41) is 2.09. The molecule has 0 atom stereocenters. The number of fused-ring (bicyclic) bond motifs is 2. The lowest BCUT2D eigenvalue weighted by molar-refractivity contribution is 0.0734. The van der Waals surface area contributed by atoms with Crippen molar-refractivity contribution in [2.24, 2.45) is 0 Å². The first-order valence-corrected chi connectivity index (χ1v) is 8.46. The van der Waals surface area contributed by atoms with Crippen molar-refractivity contribution in [3.63, 3.8) is 0 Å². The van der Waals surface area contributed by atoms with Crippen molar-refractivity contribution >= 4 is 17.2 Å². The molecule has 0 bridgehead atoms. The topological polar surface area (TPSA) is 48.0 Å². The molecule has 1 aromatic carbocycles. The number of carbonyl (C=O) groups excluding carboxylic acids is 1. The van der Waals surface area contributed by atoms with Gasteiger partial charge in [-0.2, -0.15) is 0 Å². The van der Waals surface area contributed by atoms with Crippen LogP contribution >= 0.6 is 11.3 Å². The highest BCUT2D eigenvalue weighted by Crippen LogP contribution is 2.40. The molecule has 3 heterocycles. The van der Waals surface area contributed by atoms with Crippen LogP contribution in [-0.2, 0) is 13.0 Å². The van der Waals surface area contributed by atoms with Gasteiger partial charge in [0, 0.05) is 23.5 Å². The molecule has 2 aromatic rings. The lowest BCUT2D eigenvalue weighted by Crippen LogP contribution is -2.35. The molecule has 5 nitrogen and oxygen atoms in total. The highest BCUT2D eigenvalue weighted by atomic mass is 32.1. The van der Waals surface area contributed by atoms with Gasteiger partial charge in [-0.3, -0.25) is 4.79 Å². The first-order chi connectivity index (χ1) is 11.3. The van der Waals surface area contributed by atoms with Gasteiger partial charge in [-0.15, -0.1) is 11.3 Å². The number of hydrogen-bond donors (Lipinski definition) is 0. The molecule has 2 aliphatic rings. The summed E-state index contributed by atoms with van der Waals surface area (Å²) >= 11 is 1.77. The van der Waals surface area contributed by atoms with Crippen LogP contribution < -0.4 is 14.2 Å². The summed E-state index contributed by atoms with van der Waals surface area (Å²) in [4.78, 5) is 16.1. The molecular weight excluding hydrogens is 314 g/mol. The van der Waals surface area contributed by atoms with E-state index in [4.69, 9.17) is 14.2 Å². The van der Waals surface area contributed by atoms with E-state index in [0.717, 1.165) is 13.0 Å². The molecule has 0 radical (unpaired) electrons. The maximum Gasteiger partial charge on any atom is 0.254 e. The first kappa shape index (κ1) is 14.4. The summed E-state index contributed by atoms with van der Waals surface area (Å²) in [5.41, 5.74) is 1.82. The maximum absolute atomic E-state index is 12.9. The van der Waals surface area contributed by atoms with Crippen LogP contribution in [0.4, 0.5) is 0 Å². The lowest BCUT2D eigenvalue weighted by atomic mass is 10.1. The second kappa shape index (κ2) is 5.77. The molecular formula is C17H17NO4S. The number of thiophene rings is 1. The quantitative estimate of drug-likeness (QED) is 0.849. The predicted molar refractivity (Wildman–Crippen MR) is 86.7 cm³/mol. The third-order valence-corrected chi connectivity index (χ3v) is 5.19. The highest BCUT2D eigenvalue weighted by Gasteiger charge is 2.26. The zero-order valence-electron chi connectivity index (χ0n) is 12.8. The van der Waals surface area contributed by atoms with Crippen molar-refractivity contribution in [2.45, 2.75) is 13.0 Å². The zero-order chi connectivity index (χ0) is 15.8. The summed E-state index contributed by atoms with van der Waals surface area (Å²) in [5.74, 6) is 1.69. The molecule has 1 aromatic heterocycles. The Kier molecular flexibility index (Phi) is 3.61. The first-order valence-electron chi connectivity index (χ1n) is 7.58. The van der Waals surface area contributed by atoms with Crippen molar-refractivity contribution in [2.75, 3.05) is 26.9 Å². The largest absolute Gasteiger partial charge is 0.493 e. The van der Waals surface area contributed by atoms with E-state index in [2.05, 4.69) is 11.4 Å². The van der Waals surface area contributed by atoms with Crippen LogP contribution in [0, 0.1) is 0 Å². The summed E-state index contributed by atoms with van der Waals surface area (Å²) in [6, 6.07) is 5.59. The molecule has 0 unspecified atom stereocenters. The summed E-state index contributed by atoms with van der Waals surface area (Å²) in [7, 11) is 1.57. The average Bonchev–Trinajstić information content (AvgIpc) is 3.07. The van der Waals surface area contributed by atoms with Crippen LogP contribution in [0.5, 0.6) is 17.2 Å². The van der Waals surface area contributed by atoms with E-state index in [1.165, 1.54) is 10.4 Å². The highest BCUT2D eigenvalue weighted by molar-refractivity contribution is 7.10. The fourth-order valence-corrected chi connectivity index (χ4v) is 3.89. The molecule has 0 N–H and O–H groups in total. The standard InChI is InChI=1S/C17H17NO4S/c1-20-13-8-12(9-14-16(13)22-6-5-21-14)17(19)18-4-2-15-11(10-18)3-7-23-15/h3,7-9H,2,4-6,10H2,1H3. The van der Waals surface area contributed by atoms with Gasteiger partial charge in [0.25, 0.3) is 5.91 Å².